The molecule has 3 rings (SSSR count). The molecule has 132 valence electrons. The summed E-state index contributed by atoms with van der Waals surface area (Å²) in [7, 11) is 0. The molecule has 1 aliphatic rings. The highest BCUT2D eigenvalue weighted by Crippen LogP contribution is 2.39. The Balaban J connectivity index is 1.91. The first kappa shape index (κ1) is 17.9. The molecule has 1 atom stereocenters. The van der Waals surface area contributed by atoms with Crippen molar-refractivity contribution in [1.29, 1.82) is 5.26 Å². The Hall–Kier alpha value is -2.91. The maximum atomic E-state index is 12.6. The molecule has 1 unspecified atom stereocenters. The molecule has 1 aliphatic carbocycles. The van der Waals surface area contributed by atoms with E-state index in [-0.39, 0.29) is 5.57 Å². The van der Waals surface area contributed by atoms with E-state index >= 15 is 0 Å². The number of thiophene rings is 1. The van der Waals surface area contributed by atoms with Crippen molar-refractivity contribution >= 4 is 34.2 Å². The highest BCUT2D eigenvalue weighted by molar-refractivity contribution is 7.17. The highest BCUT2D eigenvalue weighted by Gasteiger charge is 2.27. The van der Waals surface area contributed by atoms with Gasteiger partial charge in [-0.2, -0.15) is 5.26 Å². The molecule has 1 aromatic carbocycles. The van der Waals surface area contributed by atoms with E-state index in [4.69, 9.17) is 5.73 Å². The van der Waals surface area contributed by atoms with Crippen LogP contribution in [-0.4, -0.2) is 11.8 Å². The van der Waals surface area contributed by atoms with Crippen molar-refractivity contribution in [3.63, 3.8) is 0 Å². The molecule has 0 aliphatic heterocycles. The summed E-state index contributed by atoms with van der Waals surface area (Å²) in [6.45, 7) is 2.17. The maximum Gasteiger partial charge on any atom is 0.266 e. The third kappa shape index (κ3) is 3.68. The van der Waals surface area contributed by atoms with Crippen molar-refractivity contribution in [3.05, 3.63) is 57.5 Å². The number of nitriles is 1. The Morgan fingerprint density at radius 1 is 1.35 bits per heavy atom. The number of hydrogen-bond acceptors (Lipinski definition) is 4. The average Bonchev–Trinajstić information content (AvgIpc) is 2.97. The largest absolute Gasteiger partial charge is 0.365 e. The second kappa shape index (κ2) is 7.54. The Kier molecular flexibility index (Phi) is 5.19. The number of primary amides is 1. The number of carbonyl (C=O) groups excluding carboxylic acids is 2. The predicted octanol–water partition coefficient (Wildman–Crippen LogP) is 3.52. The van der Waals surface area contributed by atoms with Crippen LogP contribution in [0.1, 0.15) is 39.7 Å². The van der Waals surface area contributed by atoms with E-state index in [9.17, 15) is 14.9 Å². The third-order valence-corrected chi connectivity index (χ3v) is 5.63. The molecule has 3 N–H and O–H groups in total. The van der Waals surface area contributed by atoms with Crippen LogP contribution in [0.5, 0.6) is 0 Å². The molecule has 0 bridgehead atoms. The smallest absolute Gasteiger partial charge is 0.266 e. The van der Waals surface area contributed by atoms with Gasteiger partial charge in [0, 0.05) is 4.88 Å². The lowest BCUT2D eigenvalue weighted by atomic mass is 9.88. The van der Waals surface area contributed by atoms with Gasteiger partial charge in [-0.25, -0.2) is 0 Å². The number of carbonyl (C=O) groups is 2. The summed E-state index contributed by atoms with van der Waals surface area (Å²) >= 11 is 1.39. The minimum atomic E-state index is -0.544. The fourth-order valence-electron chi connectivity index (χ4n) is 3.13. The Bertz CT molecular complexity index is 923. The Morgan fingerprint density at radius 2 is 2.08 bits per heavy atom. The summed E-state index contributed by atoms with van der Waals surface area (Å²) in [6.07, 6.45) is 4.18. The van der Waals surface area contributed by atoms with Crippen LogP contribution in [0.2, 0.25) is 0 Å². The first-order valence-electron chi connectivity index (χ1n) is 8.42. The van der Waals surface area contributed by atoms with Crippen LogP contribution in [0.4, 0.5) is 5.00 Å². The molecule has 0 spiro atoms. The first-order chi connectivity index (χ1) is 12.5. The van der Waals surface area contributed by atoms with E-state index in [0.29, 0.717) is 16.5 Å². The number of benzene rings is 1. The lowest BCUT2D eigenvalue weighted by molar-refractivity contribution is -0.112. The van der Waals surface area contributed by atoms with Gasteiger partial charge in [0.2, 0.25) is 0 Å². The number of hydrogen-bond donors (Lipinski definition) is 2. The van der Waals surface area contributed by atoms with Gasteiger partial charge in [0.15, 0.2) is 0 Å². The van der Waals surface area contributed by atoms with Gasteiger partial charge in [-0.05, 0) is 42.4 Å². The topological polar surface area (TPSA) is 96.0 Å². The van der Waals surface area contributed by atoms with Crippen molar-refractivity contribution in [2.75, 3.05) is 5.32 Å². The van der Waals surface area contributed by atoms with Crippen molar-refractivity contribution < 1.29 is 9.59 Å². The molecule has 0 saturated carbocycles. The van der Waals surface area contributed by atoms with Crippen LogP contribution in [0, 0.1) is 17.2 Å². The van der Waals surface area contributed by atoms with E-state index in [1.54, 1.807) is 0 Å². The van der Waals surface area contributed by atoms with E-state index in [1.165, 1.54) is 17.4 Å². The zero-order valence-corrected chi connectivity index (χ0v) is 15.2. The first-order valence-corrected chi connectivity index (χ1v) is 9.23. The molecule has 1 aromatic heterocycles. The standard InChI is InChI=1S/C20H19N3O2S/c1-12-7-8-15-16(9-12)26-20(17(15)18(22)24)23-19(25)14(11-21)10-13-5-3-2-4-6-13/h2-6,10,12H,7-9H2,1H3,(H2,22,24)(H,23,25). The van der Waals surface area contributed by atoms with Gasteiger partial charge in [-0.3, -0.25) is 9.59 Å². The SMILES string of the molecule is CC1CCc2c(sc(NC(=O)C(C#N)=Cc3ccccc3)c2C(N)=O)C1. The van der Waals surface area contributed by atoms with E-state index in [0.717, 1.165) is 35.3 Å². The molecule has 6 heteroatoms. The number of anilines is 1. The summed E-state index contributed by atoms with van der Waals surface area (Å²) in [4.78, 5) is 25.6. The zero-order chi connectivity index (χ0) is 18.7. The van der Waals surface area contributed by atoms with Crippen LogP contribution in [0.3, 0.4) is 0 Å². The summed E-state index contributed by atoms with van der Waals surface area (Å²) in [5.41, 5.74) is 7.64. The van der Waals surface area contributed by atoms with E-state index < -0.39 is 11.8 Å². The molecule has 5 nitrogen and oxygen atoms in total. The molecule has 0 saturated heterocycles. The summed E-state index contributed by atoms with van der Waals surface area (Å²) in [5, 5.41) is 12.5. The normalized spacial score (nSPS) is 16.5. The van der Waals surface area contributed by atoms with Crippen LogP contribution in [0.25, 0.3) is 6.08 Å². The van der Waals surface area contributed by atoms with Gasteiger partial charge in [0.1, 0.15) is 16.6 Å². The summed E-state index contributed by atoms with van der Waals surface area (Å²) in [6, 6.07) is 11.1. The van der Waals surface area contributed by atoms with Crippen LogP contribution in [0.15, 0.2) is 35.9 Å². The van der Waals surface area contributed by atoms with Crippen LogP contribution >= 0.6 is 11.3 Å². The number of nitrogens with zero attached hydrogens (tertiary/aromatic N) is 1. The fourth-order valence-corrected chi connectivity index (χ4v) is 4.55. The van der Waals surface area contributed by atoms with Gasteiger partial charge in [-0.1, -0.05) is 37.3 Å². The molecule has 0 radical (unpaired) electrons. The maximum absolute atomic E-state index is 12.6. The third-order valence-electron chi connectivity index (χ3n) is 4.46. The number of amides is 2. The number of fused-ring (bicyclic) bond motifs is 1. The van der Waals surface area contributed by atoms with Gasteiger partial charge < -0.3 is 11.1 Å². The van der Waals surface area contributed by atoms with E-state index in [2.05, 4.69) is 12.2 Å². The molecular weight excluding hydrogens is 346 g/mol. The van der Waals surface area contributed by atoms with Crippen molar-refractivity contribution in [3.8, 4) is 6.07 Å². The molecule has 1 heterocycles. The quantitative estimate of drug-likeness (QED) is 0.641. The van der Waals surface area contributed by atoms with Crippen molar-refractivity contribution in [2.45, 2.75) is 26.2 Å². The minimum Gasteiger partial charge on any atom is -0.365 e. The average molecular weight is 365 g/mol. The summed E-state index contributed by atoms with van der Waals surface area (Å²) < 4.78 is 0. The molecule has 26 heavy (non-hydrogen) atoms. The van der Waals surface area contributed by atoms with Crippen molar-refractivity contribution in [1.82, 2.24) is 0 Å². The molecule has 0 fully saturated rings. The monoisotopic (exact) mass is 365 g/mol. The molecular formula is C20H19N3O2S. The summed E-state index contributed by atoms with van der Waals surface area (Å²) in [5.74, 6) is -0.540. The van der Waals surface area contributed by atoms with Crippen LogP contribution in [-0.2, 0) is 17.6 Å². The van der Waals surface area contributed by atoms with Gasteiger partial charge in [0.25, 0.3) is 11.8 Å². The lowest BCUT2D eigenvalue weighted by Crippen LogP contribution is -2.19. The number of nitrogens with one attached hydrogen (secondary N) is 1. The minimum absolute atomic E-state index is 0.0219. The van der Waals surface area contributed by atoms with E-state index in [1.807, 2.05) is 36.4 Å². The lowest BCUT2D eigenvalue weighted by Gasteiger charge is -2.18. The fraction of sp³-hybridized carbons (Fsp3) is 0.250. The molecule has 2 aromatic rings. The van der Waals surface area contributed by atoms with Crippen molar-refractivity contribution in [2.24, 2.45) is 11.7 Å². The Morgan fingerprint density at radius 3 is 2.73 bits per heavy atom. The predicted molar refractivity (Wildman–Crippen MR) is 103 cm³/mol. The molecule has 2 amide bonds. The second-order valence-corrected chi connectivity index (χ2v) is 7.56. The highest BCUT2D eigenvalue weighted by atomic mass is 32.1. The van der Waals surface area contributed by atoms with Crippen LogP contribution < -0.4 is 11.1 Å². The zero-order valence-electron chi connectivity index (χ0n) is 14.4. The van der Waals surface area contributed by atoms with Gasteiger partial charge in [-0.15, -0.1) is 11.3 Å². The number of nitrogens with two attached hydrogens (primary N) is 1. The number of rotatable bonds is 4. The Labute approximate surface area is 156 Å². The second-order valence-electron chi connectivity index (χ2n) is 6.45. The van der Waals surface area contributed by atoms with Gasteiger partial charge in [0.05, 0.1) is 5.56 Å². The van der Waals surface area contributed by atoms with Gasteiger partial charge >= 0.3 is 0 Å².